The Labute approximate surface area is 132 Å². The molecular formula is C18H22N2S. The van der Waals surface area contributed by atoms with E-state index in [0.717, 1.165) is 25.1 Å². The molecule has 2 aromatic carbocycles. The van der Waals surface area contributed by atoms with E-state index in [1.54, 1.807) is 0 Å². The highest BCUT2D eigenvalue weighted by Crippen LogP contribution is 2.13. The van der Waals surface area contributed by atoms with Gasteiger partial charge in [0.05, 0.1) is 0 Å². The molecule has 110 valence electrons. The van der Waals surface area contributed by atoms with Gasteiger partial charge in [0, 0.05) is 18.7 Å². The molecule has 0 aliphatic carbocycles. The molecule has 3 heteroatoms. The molecule has 0 saturated heterocycles. The molecule has 0 spiro atoms. The van der Waals surface area contributed by atoms with Crippen LogP contribution in [-0.4, -0.2) is 23.5 Å². The van der Waals surface area contributed by atoms with Crippen molar-refractivity contribution in [3.63, 3.8) is 0 Å². The first kappa shape index (κ1) is 15.7. The van der Waals surface area contributed by atoms with E-state index in [1.165, 1.54) is 16.7 Å². The molecule has 2 N–H and O–H groups in total. The molecule has 0 bridgehead atoms. The fourth-order valence-electron chi connectivity index (χ4n) is 2.36. The summed E-state index contributed by atoms with van der Waals surface area (Å²) >= 11 is 5.02. The van der Waals surface area contributed by atoms with Crippen molar-refractivity contribution in [1.29, 1.82) is 0 Å². The van der Waals surface area contributed by atoms with Crippen molar-refractivity contribution < 1.29 is 0 Å². The second-order valence-electron chi connectivity index (χ2n) is 5.48. The molecule has 2 rings (SSSR count). The van der Waals surface area contributed by atoms with Crippen molar-refractivity contribution in [1.82, 2.24) is 4.90 Å². The highest BCUT2D eigenvalue weighted by molar-refractivity contribution is 7.80. The molecule has 0 aliphatic rings. The van der Waals surface area contributed by atoms with Crippen LogP contribution >= 0.6 is 12.2 Å². The Hall–Kier alpha value is -1.71. The summed E-state index contributed by atoms with van der Waals surface area (Å²) in [6.45, 7) is 4.10. The predicted molar refractivity (Wildman–Crippen MR) is 93.5 cm³/mol. The van der Waals surface area contributed by atoms with Gasteiger partial charge in [-0.05, 0) is 43.1 Å². The molecule has 0 aliphatic heterocycles. The van der Waals surface area contributed by atoms with Crippen molar-refractivity contribution in [3.8, 4) is 0 Å². The third-order valence-electron chi connectivity index (χ3n) is 3.69. The summed E-state index contributed by atoms with van der Waals surface area (Å²) < 4.78 is 0. The van der Waals surface area contributed by atoms with E-state index in [1.807, 2.05) is 6.07 Å². The predicted octanol–water partition coefficient (Wildman–Crippen LogP) is 3.30. The molecule has 0 fully saturated rings. The van der Waals surface area contributed by atoms with Crippen LogP contribution in [0.4, 0.5) is 0 Å². The van der Waals surface area contributed by atoms with Gasteiger partial charge in [0.25, 0.3) is 0 Å². The number of benzene rings is 2. The van der Waals surface area contributed by atoms with Gasteiger partial charge in [-0.1, -0.05) is 54.7 Å². The molecule has 0 amide bonds. The van der Waals surface area contributed by atoms with Gasteiger partial charge in [0.15, 0.2) is 0 Å². The van der Waals surface area contributed by atoms with Crippen LogP contribution in [0.5, 0.6) is 0 Å². The van der Waals surface area contributed by atoms with Gasteiger partial charge < -0.3 is 10.6 Å². The van der Waals surface area contributed by atoms with Crippen LogP contribution in [0.1, 0.15) is 22.3 Å². The van der Waals surface area contributed by atoms with E-state index >= 15 is 0 Å². The summed E-state index contributed by atoms with van der Waals surface area (Å²) in [6.07, 6.45) is 1.07. The second-order valence-corrected chi connectivity index (χ2v) is 5.92. The molecule has 0 aromatic heterocycles. The third kappa shape index (κ3) is 4.66. The SMILES string of the molecule is Cc1cc(C(N)=S)ccc1CN(C)CCc1ccccc1. The standard InChI is InChI=1S/C18H22N2S/c1-14-12-16(18(19)21)8-9-17(14)13-20(2)11-10-15-6-4-3-5-7-15/h3-9,12H,10-11,13H2,1-2H3,(H2,19,21). The monoisotopic (exact) mass is 298 g/mol. The van der Waals surface area contributed by atoms with Gasteiger partial charge in [0.2, 0.25) is 0 Å². The van der Waals surface area contributed by atoms with Crippen LogP contribution in [-0.2, 0) is 13.0 Å². The lowest BCUT2D eigenvalue weighted by Crippen LogP contribution is -2.21. The first-order valence-electron chi connectivity index (χ1n) is 7.18. The average molecular weight is 298 g/mol. The number of hydrogen-bond donors (Lipinski definition) is 1. The fourth-order valence-corrected chi connectivity index (χ4v) is 2.49. The van der Waals surface area contributed by atoms with Crippen LogP contribution in [0, 0.1) is 6.92 Å². The van der Waals surface area contributed by atoms with Crippen molar-refractivity contribution in [2.45, 2.75) is 19.9 Å². The summed E-state index contributed by atoms with van der Waals surface area (Å²) in [5.74, 6) is 0. The van der Waals surface area contributed by atoms with Crippen LogP contribution in [0.2, 0.25) is 0 Å². The fraction of sp³-hybridized carbons (Fsp3) is 0.278. The maximum absolute atomic E-state index is 5.67. The molecule has 0 atom stereocenters. The topological polar surface area (TPSA) is 29.3 Å². The summed E-state index contributed by atoms with van der Waals surface area (Å²) in [5.41, 5.74) is 10.6. The van der Waals surface area contributed by atoms with Crippen LogP contribution < -0.4 is 5.73 Å². The molecule has 0 heterocycles. The number of rotatable bonds is 6. The molecule has 0 radical (unpaired) electrons. The Kier molecular flexibility index (Phi) is 5.48. The number of nitrogens with zero attached hydrogens (tertiary/aromatic N) is 1. The minimum absolute atomic E-state index is 0.460. The Bertz CT molecular complexity index is 608. The number of nitrogens with two attached hydrogens (primary N) is 1. The van der Waals surface area contributed by atoms with Gasteiger partial charge >= 0.3 is 0 Å². The third-order valence-corrected chi connectivity index (χ3v) is 3.93. The van der Waals surface area contributed by atoms with Crippen molar-refractivity contribution in [3.05, 3.63) is 70.8 Å². The number of thiocarbonyl (C=S) groups is 1. The lowest BCUT2D eigenvalue weighted by molar-refractivity contribution is 0.330. The summed E-state index contributed by atoms with van der Waals surface area (Å²) in [5, 5.41) is 0. The highest BCUT2D eigenvalue weighted by Gasteiger charge is 2.05. The van der Waals surface area contributed by atoms with Crippen LogP contribution in [0.25, 0.3) is 0 Å². The van der Waals surface area contributed by atoms with E-state index in [-0.39, 0.29) is 0 Å². The summed E-state index contributed by atoms with van der Waals surface area (Å²) in [6, 6.07) is 16.8. The number of hydrogen-bond acceptors (Lipinski definition) is 2. The van der Waals surface area contributed by atoms with E-state index in [9.17, 15) is 0 Å². The largest absolute Gasteiger partial charge is 0.389 e. The van der Waals surface area contributed by atoms with Crippen molar-refractivity contribution in [2.75, 3.05) is 13.6 Å². The first-order chi connectivity index (χ1) is 10.1. The molecule has 0 unspecified atom stereocenters. The average Bonchev–Trinajstić information content (AvgIpc) is 2.48. The minimum atomic E-state index is 0.460. The van der Waals surface area contributed by atoms with Gasteiger partial charge in [0.1, 0.15) is 4.99 Å². The smallest absolute Gasteiger partial charge is 0.103 e. The zero-order valence-electron chi connectivity index (χ0n) is 12.7. The van der Waals surface area contributed by atoms with Gasteiger partial charge in [-0.2, -0.15) is 0 Å². The second kappa shape index (κ2) is 7.34. The molecule has 21 heavy (non-hydrogen) atoms. The quantitative estimate of drug-likeness (QED) is 0.830. The van der Waals surface area contributed by atoms with E-state index in [4.69, 9.17) is 18.0 Å². The van der Waals surface area contributed by atoms with E-state index in [2.05, 4.69) is 61.3 Å². The Balaban J connectivity index is 1.93. The van der Waals surface area contributed by atoms with Crippen molar-refractivity contribution in [2.24, 2.45) is 5.73 Å². The normalized spacial score (nSPS) is 10.8. The van der Waals surface area contributed by atoms with E-state index < -0.39 is 0 Å². The first-order valence-corrected chi connectivity index (χ1v) is 7.59. The molecule has 0 saturated carbocycles. The van der Waals surface area contributed by atoms with E-state index in [0.29, 0.717) is 4.99 Å². The van der Waals surface area contributed by atoms with Crippen LogP contribution in [0.15, 0.2) is 48.5 Å². The zero-order valence-corrected chi connectivity index (χ0v) is 13.5. The Morgan fingerprint density at radius 1 is 1.14 bits per heavy atom. The zero-order chi connectivity index (χ0) is 15.2. The number of likely N-dealkylation sites (N-methyl/N-ethyl adjacent to an activating group) is 1. The molecule has 2 aromatic rings. The Morgan fingerprint density at radius 3 is 2.48 bits per heavy atom. The molecular weight excluding hydrogens is 276 g/mol. The summed E-state index contributed by atoms with van der Waals surface area (Å²) in [7, 11) is 2.16. The van der Waals surface area contributed by atoms with Gasteiger partial charge in [-0.25, -0.2) is 0 Å². The maximum atomic E-state index is 5.67. The van der Waals surface area contributed by atoms with Crippen molar-refractivity contribution >= 4 is 17.2 Å². The summed E-state index contributed by atoms with van der Waals surface area (Å²) in [4.78, 5) is 2.80. The van der Waals surface area contributed by atoms with Gasteiger partial charge in [-0.3, -0.25) is 0 Å². The lowest BCUT2D eigenvalue weighted by Gasteiger charge is -2.18. The maximum Gasteiger partial charge on any atom is 0.103 e. The number of aryl methyl sites for hydroxylation is 1. The minimum Gasteiger partial charge on any atom is -0.389 e. The molecule has 2 nitrogen and oxygen atoms in total. The van der Waals surface area contributed by atoms with Gasteiger partial charge in [-0.15, -0.1) is 0 Å². The lowest BCUT2D eigenvalue weighted by atomic mass is 10.0. The van der Waals surface area contributed by atoms with Crippen LogP contribution in [0.3, 0.4) is 0 Å². The Morgan fingerprint density at radius 2 is 1.86 bits per heavy atom. The highest BCUT2D eigenvalue weighted by atomic mass is 32.1.